The van der Waals surface area contributed by atoms with E-state index in [-0.39, 0.29) is 23.3 Å². The zero-order valence-electron chi connectivity index (χ0n) is 17.9. The van der Waals surface area contributed by atoms with E-state index in [0.717, 1.165) is 12.0 Å². The van der Waals surface area contributed by atoms with Crippen molar-refractivity contribution in [3.63, 3.8) is 0 Å². The van der Waals surface area contributed by atoms with Crippen molar-refractivity contribution in [3.8, 4) is 0 Å². The predicted octanol–water partition coefficient (Wildman–Crippen LogP) is 2.38. The number of hydrogen-bond acceptors (Lipinski definition) is 5. The molecule has 1 atom stereocenters. The van der Waals surface area contributed by atoms with Gasteiger partial charge < -0.3 is 9.30 Å². The van der Waals surface area contributed by atoms with Gasteiger partial charge in [-0.3, -0.25) is 18.7 Å². The Hall–Kier alpha value is -3.16. The van der Waals surface area contributed by atoms with Gasteiger partial charge >= 0.3 is 11.7 Å². The molecule has 0 N–H and O–H groups in total. The van der Waals surface area contributed by atoms with E-state index in [9.17, 15) is 14.4 Å². The molecule has 0 fully saturated rings. The molecule has 0 aliphatic rings. The lowest BCUT2D eigenvalue weighted by Gasteiger charge is -2.12. The molecule has 30 heavy (non-hydrogen) atoms. The van der Waals surface area contributed by atoms with Crippen molar-refractivity contribution in [2.45, 2.75) is 59.2 Å². The number of aromatic nitrogens is 4. The number of ether oxygens (including phenoxy) is 1. The highest BCUT2D eigenvalue weighted by molar-refractivity contribution is 5.71. The first kappa shape index (κ1) is 21.5. The first-order valence-corrected chi connectivity index (χ1v) is 10.2. The number of benzene rings is 1. The van der Waals surface area contributed by atoms with Crippen LogP contribution in [0.25, 0.3) is 11.2 Å². The highest BCUT2D eigenvalue weighted by Gasteiger charge is 2.18. The van der Waals surface area contributed by atoms with Crippen LogP contribution in [0, 0.1) is 6.92 Å². The van der Waals surface area contributed by atoms with Gasteiger partial charge in [0.15, 0.2) is 11.2 Å². The maximum atomic E-state index is 13.2. The number of nitrogens with zero attached hydrogens (tertiary/aromatic N) is 4. The molecule has 0 unspecified atom stereocenters. The van der Waals surface area contributed by atoms with Gasteiger partial charge in [0, 0.05) is 27.1 Å². The molecule has 2 heterocycles. The quantitative estimate of drug-likeness (QED) is 0.419. The first-order chi connectivity index (χ1) is 14.3. The lowest BCUT2D eigenvalue weighted by molar-refractivity contribution is -0.145. The van der Waals surface area contributed by atoms with Gasteiger partial charge in [0.2, 0.25) is 0 Å². The van der Waals surface area contributed by atoms with E-state index in [4.69, 9.17) is 4.74 Å². The van der Waals surface area contributed by atoms with Crippen molar-refractivity contribution in [1.82, 2.24) is 18.7 Å². The summed E-state index contributed by atoms with van der Waals surface area (Å²) in [6.45, 7) is 5.88. The van der Waals surface area contributed by atoms with Gasteiger partial charge in [-0.1, -0.05) is 30.3 Å². The average molecular weight is 412 g/mol. The Kier molecular flexibility index (Phi) is 6.54. The summed E-state index contributed by atoms with van der Waals surface area (Å²) in [4.78, 5) is 41.5. The molecule has 0 amide bonds. The summed E-state index contributed by atoms with van der Waals surface area (Å²) in [6.07, 6.45) is 1.88. The molecule has 8 nitrogen and oxygen atoms in total. The summed E-state index contributed by atoms with van der Waals surface area (Å²) in [5, 5.41) is 0. The van der Waals surface area contributed by atoms with E-state index in [2.05, 4.69) is 4.98 Å². The molecule has 0 bridgehead atoms. The van der Waals surface area contributed by atoms with E-state index in [1.807, 2.05) is 48.7 Å². The number of aryl methyl sites for hydroxylation is 2. The zero-order chi connectivity index (χ0) is 21.8. The third-order valence-electron chi connectivity index (χ3n) is 5.22. The summed E-state index contributed by atoms with van der Waals surface area (Å²) < 4.78 is 9.70. The first-order valence-electron chi connectivity index (χ1n) is 10.2. The molecule has 3 rings (SSSR count). The summed E-state index contributed by atoms with van der Waals surface area (Å²) in [5.41, 5.74) is 1.20. The van der Waals surface area contributed by atoms with Crippen LogP contribution in [0.3, 0.4) is 0 Å². The number of rotatable bonds is 8. The number of fused-ring (bicyclic) bond motifs is 1. The van der Waals surface area contributed by atoms with Gasteiger partial charge in [0.05, 0.1) is 6.10 Å². The monoisotopic (exact) mass is 412 g/mol. The Morgan fingerprint density at radius 1 is 1.13 bits per heavy atom. The highest BCUT2D eigenvalue weighted by atomic mass is 16.5. The van der Waals surface area contributed by atoms with Gasteiger partial charge in [-0.25, -0.2) is 9.78 Å². The van der Waals surface area contributed by atoms with Crippen molar-refractivity contribution in [2.75, 3.05) is 0 Å². The molecule has 0 saturated carbocycles. The van der Waals surface area contributed by atoms with E-state index in [0.29, 0.717) is 42.9 Å². The number of esters is 1. The second kappa shape index (κ2) is 9.11. The Balaban J connectivity index is 1.88. The summed E-state index contributed by atoms with van der Waals surface area (Å²) >= 11 is 0. The molecular weight excluding hydrogens is 384 g/mol. The SMILES string of the molecule is CC(=O)O[C@H](C)CCCCn1c(=O)c2c(nc(C)n2Cc2ccccc2)n(C)c1=O. The fourth-order valence-corrected chi connectivity index (χ4v) is 3.68. The second-order valence-electron chi connectivity index (χ2n) is 7.62. The maximum absolute atomic E-state index is 13.2. The minimum Gasteiger partial charge on any atom is -0.463 e. The minimum atomic E-state index is -0.370. The molecule has 0 spiro atoms. The molecule has 0 aliphatic carbocycles. The lowest BCUT2D eigenvalue weighted by atomic mass is 10.1. The molecule has 1 aromatic carbocycles. The second-order valence-corrected chi connectivity index (χ2v) is 7.62. The third-order valence-corrected chi connectivity index (χ3v) is 5.22. The van der Waals surface area contributed by atoms with Gasteiger partial charge in [-0.05, 0) is 38.7 Å². The van der Waals surface area contributed by atoms with E-state index in [1.165, 1.54) is 16.1 Å². The highest BCUT2D eigenvalue weighted by Crippen LogP contribution is 2.14. The fourth-order valence-electron chi connectivity index (χ4n) is 3.68. The summed E-state index contributed by atoms with van der Waals surface area (Å²) in [5.74, 6) is 0.383. The van der Waals surface area contributed by atoms with Crippen LogP contribution >= 0.6 is 0 Å². The van der Waals surface area contributed by atoms with Crippen molar-refractivity contribution < 1.29 is 9.53 Å². The van der Waals surface area contributed by atoms with Crippen LogP contribution in [-0.2, 0) is 29.7 Å². The van der Waals surface area contributed by atoms with E-state index >= 15 is 0 Å². The van der Waals surface area contributed by atoms with Crippen LogP contribution in [0.15, 0.2) is 39.9 Å². The van der Waals surface area contributed by atoms with Gasteiger partial charge in [0.1, 0.15) is 5.82 Å². The normalized spacial score (nSPS) is 12.3. The molecule has 0 radical (unpaired) electrons. The molecule has 0 saturated heterocycles. The number of carbonyl (C=O) groups is 1. The minimum absolute atomic E-state index is 0.181. The van der Waals surface area contributed by atoms with Crippen molar-refractivity contribution in [1.29, 1.82) is 0 Å². The Bertz CT molecular complexity index is 1160. The van der Waals surface area contributed by atoms with Crippen LogP contribution in [0.5, 0.6) is 0 Å². The van der Waals surface area contributed by atoms with Crippen LogP contribution < -0.4 is 11.2 Å². The number of unbranched alkanes of at least 4 members (excludes halogenated alkanes) is 1. The Morgan fingerprint density at radius 2 is 1.83 bits per heavy atom. The standard InChI is InChI=1S/C22H28N4O4/c1-15(30-17(3)27)10-8-9-13-25-21(28)19-20(24(4)22(25)29)23-16(2)26(19)14-18-11-6-5-7-12-18/h5-7,11-12,15H,8-10,13-14H2,1-4H3/t15-/m1/s1. The number of imidazole rings is 1. The topological polar surface area (TPSA) is 88.1 Å². The summed E-state index contributed by atoms with van der Waals surface area (Å²) in [7, 11) is 1.64. The Morgan fingerprint density at radius 3 is 2.50 bits per heavy atom. The molecule has 0 aliphatic heterocycles. The maximum Gasteiger partial charge on any atom is 0.332 e. The van der Waals surface area contributed by atoms with E-state index in [1.54, 1.807) is 7.05 Å². The van der Waals surface area contributed by atoms with Crippen LogP contribution in [-0.4, -0.2) is 30.8 Å². The van der Waals surface area contributed by atoms with Crippen LogP contribution in [0.1, 0.15) is 44.5 Å². The zero-order valence-corrected chi connectivity index (χ0v) is 17.9. The summed E-state index contributed by atoms with van der Waals surface area (Å²) in [6, 6.07) is 9.84. The third kappa shape index (κ3) is 4.53. The smallest absolute Gasteiger partial charge is 0.332 e. The van der Waals surface area contributed by atoms with Gasteiger partial charge in [-0.15, -0.1) is 0 Å². The Labute approximate surface area is 174 Å². The fraction of sp³-hybridized carbons (Fsp3) is 0.455. The molecule has 8 heteroatoms. The molecule has 160 valence electrons. The largest absolute Gasteiger partial charge is 0.463 e. The predicted molar refractivity (Wildman–Crippen MR) is 115 cm³/mol. The number of hydrogen-bond donors (Lipinski definition) is 0. The van der Waals surface area contributed by atoms with Gasteiger partial charge in [-0.2, -0.15) is 0 Å². The van der Waals surface area contributed by atoms with Crippen molar-refractivity contribution in [3.05, 3.63) is 62.6 Å². The van der Waals surface area contributed by atoms with Crippen LogP contribution in [0.4, 0.5) is 0 Å². The lowest BCUT2D eigenvalue weighted by Crippen LogP contribution is -2.39. The average Bonchev–Trinajstić information content (AvgIpc) is 3.02. The molecule has 3 aromatic rings. The van der Waals surface area contributed by atoms with Crippen molar-refractivity contribution >= 4 is 17.1 Å². The van der Waals surface area contributed by atoms with Crippen LogP contribution in [0.2, 0.25) is 0 Å². The van der Waals surface area contributed by atoms with E-state index < -0.39 is 0 Å². The van der Waals surface area contributed by atoms with Gasteiger partial charge in [0.25, 0.3) is 5.56 Å². The van der Waals surface area contributed by atoms with Crippen molar-refractivity contribution in [2.24, 2.45) is 7.05 Å². The number of carbonyl (C=O) groups excluding carboxylic acids is 1. The molecular formula is C22H28N4O4. The molecule has 2 aromatic heterocycles.